The molecule has 4 N–H and O–H groups in total. The molecule has 4 fully saturated rings. The van der Waals surface area contributed by atoms with E-state index in [4.69, 9.17) is 33.2 Å². The molecule has 1 unspecified atom stereocenters. The number of likely N-dealkylation sites (N-methyl/N-ethyl adjacent to an activating group) is 1. The van der Waals surface area contributed by atoms with Crippen molar-refractivity contribution in [2.45, 2.75) is 147 Å². The van der Waals surface area contributed by atoms with Crippen molar-refractivity contribution in [2.75, 3.05) is 27.2 Å². The number of hydrogen-bond acceptors (Lipinski definition) is 14. The van der Waals surface area contributed by atoms with Crippen LogP contribution >= 0.6 is 0 Å². The van der Waals surface area contributed by atoms with Crippen LogP contribution in [0.3, 0.4) is 0 Å². The largest absolute Gasteiger partial charge is 0.458 e. The molecule has 0 spiro atoms. The van der Waals surface area contributed by atoms with Crippen LogP contribution in [0.15, 0.2) is 30.3 Å². The fourth-order valence-corrected chi connectivity index (χ4v) is 9.28. The SMILES string of the molecule is CC[C@H]1OC(=O)[C@H](C)[C@H]2OCC(OC(=O)NCc3ccccc3)CNC(=O)O[C@](C)(C[C@@H](C)C(=O)[C@H](C)[C@@H]3NC(=O)O[C@]13C)[C@H](O[C@@H]1O[C@H](C)C[C@H](N(C)C)[C@H]1O)[C@H]2C. The number of nitrogens with one attached hydrogen (secondary N) is 3. The molecular formula is C42H64N4O13. The second kappa shape index (κ2) is 19.1. The van der Waals surface area contributed by atoms with Crippen molar-refractivity contribution < 1.29 is 62.2 Å². The van der Waals surface area contributed by atoms with Gasteiger partial charge in [-0.15, -0.1) is 0 Å². The minimum absolute atomic E-state index is 0.0864. The van der Waals surface area contributed by atoms with Crippen molar-refractivity contribution >= 4 is 30.0 Å². The lowest BCUT2D eigenvalue weighted by Crippen LogP contribution is -2.61. The van der Waals surface area contributed by atoms with Crippen LogP contribution in [0.25, 0.3) is 0 Å². The number of aliphatic hydroxyl groups excluding tert-OH is 1. The molecule has 17 heteroatoms. The summed E-state index contributed by atoms with van der Waals surface area (Å²) in [6.07, 6.45) is -8.69. The van der Waals surface area contributed by atoms with E-state index in [1.54, 1.807) is 48.5 Å². The van der Waals surface area contributed by atoms with Gasteiger partial charge < -0.3 is 59.1 Å². The molecule has 0 radical (unpaired) electrons. The highest BCUT2D eigenvalue weighted by Crippen LogP contribution is 2.42. The van der Waals surface area contributed by atoms with Gasteiger partial charge in [0.2, 0.25) is 0 Å². The second-order valence-electron chi connectivity index (χ2n) is 17.3. The molecule has 2 bridgehead atoms. The summed E-state index contributed by atoms with van der Waals surface area (Å²) in [6.45, 7) is 13.4. The van der Waals surface area contributed by atoms with Gasteiger partial charge in [-0.05, 0) is 66.6 Å². The number of ketones is 1. The molecule has 4 saturated heterocycles. The van der Waals surface area contributed by atoms with Gasteiger partial charge in [-0.25, -0.2) is 14.4 Å². The average Bonchev–Trinajstić information content (AvgIpc) is 3.50. The van der Waals surface area contributed by atoms with Gasteiger partial charge in [-0.1, -0.05) is 58.0 Å². The van der Waals surface area contributed by atoms with Crippen LogP contribution in [0.5, 0.6) is 0 Å². The Labute approximate surface area is 346 Å². The molecule has 3 amide bonds. The first kappa shape index (κ1) is 46.0. The van der Waals surface area contributed by atoms with Crippen LogP contribution in [0, 0.1) is 23.7 Å². The van der Waals surface area contributed by atoms with Gasteiger partial charge in [-0.2, -0.15) is 0 Å². The Morgan fingerprint density at radius 1 is 1.00 bits per heavy atom. The van der Waals surface area contributed by atoms with Crippen LogP contribution in [0.4, 0.5) is 14.4 Å². The summed E-state index contributed by atoms with van der Waals surface area (Å²) in [5, 5.41) is 19.8. The van der Waals surface area contributed by atoms with Crippen molar-refractivity contribution in [1.82, 2.24) is 20.9 Å². The normalized spacial score (nSPS) is 39.9. The number of cyclic esters (lactones) is 1. The van der Waals surface area contributed by atoms with Gasteiger partial charge >= 0.3 is 24.2 Å². The second-order valence-corrected chi connectivity index (χ2v) is 17.3. The van der Waals surface area contributed by atoms with Crippen LogP contribution < -0.4 is 16.0 Å². The third kappa shape index (κ3) is 10.5. The van der Waals surface area contributed by atoms with Crippen molar-refractivity contribution in [3.63, 3.8) is 0 Å². The molecule has 4 aliphatic rings. The van der Waals surface area contributed by atoms with E-state index < -0.39 is 102 Å². The summed E-state index contributed by atoms with van der Waals surface area (Å²) >= 11 is 0. The number of ether oxygens (including phenoxy) is 7. The van der Waals surface area contributed by atoms with Gasteiger partial charge in [0.25, 0.3) is 0 Å². The summed E-state index contributed by atoms with van der Waals surface area (Å²) < 4.78 is 43.7. The van der Waals surface area contributed by atoms with E-state index in [1.165, 1.54) is 0 Å². The van der Waals surface area contributed by atoms with Crippen molar-refractivity contribution in [1.29, 1.82) is 0 Å². The molecule has 0 aromatic heterocycles. The maximum Gasteiger partial charge on any atom is 0.408 e. The van der Waals surface area contributed by atoms with Crippen LogP contribution in [-0.2, 0) is 49.3 Å². The smallest absolute Gasteiger partial charge is 0.408 e. The quantitative estimate of drug-likeness (QED) is 0.228. The Hall–Kier alpha value is -4.03. The first-order valence-corrected chi connectivity index (χ1v) is 20.7. The highest BCUT2D eigenvalue weighted by Gasteiger charge is 2.58. The van der Waals surface area contributed by atoms with Gasteiger partial charge in [0, 0.05) is 30.3 Å². The molecule has 0 saturated carbocycles. The van der Waals surface area contributed by atoms with Crippen molar-refractivity contribution in [3.8, 4) is 0 Å². The molecule has 15 atom stereocenters. The summed E-state index contributed by atoms with van der Waals surface area (Å²) in [5.74, 6) is -4.49. The number of fused-ring (bicyclic) bond motifs is 4. The average molecular weight is 833 g/mol. The fourth-order valence-electron chi connectivity index (χ4n) is 9.28. The van der Waals surface area contributed by atoms with Crippen molar-refractivity contribution in [2.24, 2.45) is 23.7 Å². The Kier molecular flexibility index (Phi) is 14.9. The molecule has 59 heavy (non-hydrogen) atoms. The lowest BCUT2D eigenvalue weighted by Gasteiger charge is -2.48. The van der Waals surface area contributed by atoms with E-state index in [-0.39, 0.29) is 50.5 Å². The summed E-state index contributed by atoms with van der Waals surface area (Å²) in [4.78, 5) is 70.6. The van der Waals surface area contributed by atoms with Crippen molar-refractivity contribution in [3.05, 3.63) is 35.9 Å². The number of carbonyl (C=O) groups excluding carboxylic acids is 5. The van der Waals surface area contributed by atoms with Crippen LogP contribution in [0.2, 0.25) is 0 Å². The Morgan fingerprint density at radius 3 is 2.36 bits per heavy atom. The molecule has 4 aliphatic heterocycles. The number of aliphatic hydroxyl groups is 1. The molecule has 17 nitrogen and oxygen atoms in total. The predicted molar refractivity (Wildman–Crippen MR) is 212 cm³/mol. The Balaban J connectivity index is 1.59. The minimum Gasteiger partial charge on any atom is -0.458 e. The zero-order chi connectivity index (χ0) is 43.4. The monoisotopic (exact) mass is 832 g/mol. The van der Waals surface area contributed by atoms with E-state index in [0.717, 1.165) is 5.56 Å². The summed E-state index contributed by atoms with van der Waals surface area (Å²) in [7, 11) is 3.69. The molecule has 330 valence electrons. The van der Waals surface area contributed by atoms with E-state index in [9.17, 15) is 29.1 Å². The van der Waals surface area contributed by atoms with Gasteiger partial charge in [0.1, 0.15) is 35.8 Å². The molecule has 5 rings (SSSR count). The third-order valence-electron chi connectivity index (χ3n) is 12.5. The molecule has 4 heterocycles. The number of hydrogen-bond donors (Lipinski definition) is 4. The van der Waals surface area contributed by atoms with Gasteiger partial charge in [0.15, 0.2) is 11.9 Å². The lowest BCUT2D eigenvalue weighted by atomic mass is 9.73. The van der Waals surface area contributed by atoms with E-state index in [0.29, 0.717) is 6.42 Å². The number of alkyl carbamates (subject to hydrolysis) is 3. The summed E-state index contributed by atoms with van der Waals surface area (Å²) in [5.41, 5.74) is -2.23. The Bertz CT molecular complexity index is 1650. The highest BCUT2D eigenvalue weighted by molar-refractivity contribution is 5.85. The van der Waals surface area contributed by atoms with Gasteiger partial charge in [-0.3, -0.25) is 9.59 Å². The van der Waals surface area contributed by atoms with E-state index in [2.05, 4.69) is 16.0 Å². The summed E-state index contributed by atoms with van der Waals surface area (Å²) in [6, 6.07) is 8.01. The standard InChI is InChI=1S/C42H64N4O13/c1-11-30-42(8)34(45-40(52)59-42)24(4)31(47)22(2)18-41(7)35(57-37-32(48)29(46(9)10)17-23(3)54-37)25(5)33(26(6)36(49)56-30)53-21-28(20-44-39(51)58-41)55-38(50)43-19-27-15-13-12-14-16-27/h12-16,22-26,28-30,32-35,37,48H,11,17-21H2,1-10H3,(H,43,50)(H,44,51)(H,45,52)/t22-,23-,24+,25+,26-,28?,29+,30-,32-,33+,34+,35-,37+,41-,42-/m1/s1. The number of nitrogens with zero attached hydrogens (tertiary/aromatic N) is 1. The first-order valence-electron chi connectivity index (χ1n) is 20.7. The fraction of sp³-hybridized carbons (Fsp3) is 0.738. The maximum atomic E-state index is 14.5. The topological polar surface area (TPSA) is 210 Å². The lowest BCUT2D eigenvalue weighted by molar-refractivity contribution is -0.299. The third-order valence-corrected chi connectivity index (χ3v) is 12.5. The van der Waals surface area contributed by atoms with E-state index in [1.807, 2.05) is 56.3 Å². The zero-order valence-electron chi connectivity index (χ0n) is 35.9. The maximum absolute atomic E-state index is 14.5. The number of esters is 1. The number of amides is 3. The predicted octanol–water partition coefficient (Wildman–Crippen LogP) is 3.68. The first-order chi connectivity index (χ1) is 27.8. The molecule has 1 aromatic rings. The number of rotatable bonds is 7. The highest BCUT2D eigenvalue weighted by atomic mass is 16.7. The molecular weight excluding hydrogens is 768 g/mol. The number of Topliss-reactive ketones (excluding diaryl/α,β-unsaturated/α-hetero) is 1. The minimum atomic E-state index is -1.65. The van der Waals surface area contributed by atoms with Gasteiger partial charge in [0.05, 0.1) is 37.3 Å². The Morgan fingerprint density at radius 2 is 1.69 bits per heavy atom. The van der Waals surface area contributed by atoms with Crippen LogP contribution in [0.1, 0.15) is 80.2 Å². The number of carbonyl (C=O) groups is 5. The van der Waals surface area contributed by atoms with E-state index >= 15 is 0 Å². The molecule has 0 aliphatic carbocycles. The van der Waals surface area contributed by atoms with Crippen LogP contribution in [-0.4, -0.2) is 133 Å². The zero-order valence-corrected chi connectivity index (χ0v) is 35.9. The number of benzene rings is 1. The molecule has 1 aromatic carbocycles.